The van der Waals surface area contributed by atoms with Crippen LogP contribution in [0.1, 0.15) is 27.6 Å². The maximum absolute atomic E-state index is 13.2. The average molecular weight is 348 g/mol. The zero-order valence-electron chi connectivity index (χ0n) is 14.1. The van der Waals surface area contributed by atoms with Crippen molar-refractivity contribution in [2.24, 2.45) is 0 Å². The first-order valence-electron chi connectivity index (χ1n) is 8.06. The first-order valence-corrected chi connectivity index (χ1v) is 8.06. The van der Waals surface area contributed by atoms with Crippen LogP contribution in [0.5, 0.6) is 0 Å². The van der Waals surface area contributed by atoms with Gasteiger partial charge in [0.25, 0.3) is 5.91 Å². The van der Waals surface area contributed by atoms with Gasteiger partial charge in [0, 0.05) is 28.2 Å². The lowest BCUT2D eigenvalue weighted by Gasteiger charge is -2.09. The number of carbonyl (C=O) groups is 2. The Balaban J connectivity index is 1.68. The molecule has 0 saturated carbocycles. The van der Waals surface area contributed by atoms with Gasteiger partial charge in [0.15, 0.2) is 5.78 Å². The molecule has 0 aliphatic heterocycles. The maximum atomic E-state index is 13.2. The van der Waals surface area contributed by atoms with Gasteiger partial charge in [0.2, 0.25) is 0 Å². The molecular weight excluding hydrogens is 331 g/mol. The van der Waals surface area contributed by atoms with Crippen molar-refractivity contribution >= 4 is 28.8 Å². The van der Waals surface area contributed by atoms with Crippen molar-refractivity contribution in [2.45, 2.75) is 6.92 Å². The lowest BCUT2D eigenvalue weighted by Crippen LogP contribution is -2.11. The highest BCUT2D eigenvalue weighted by molar-refractivity contribution is 6.04. The number of rotatable bonds is 5. The van der Waals surface area contributed by atoms with Crippen LogP contribution in [0.4, 0.5) is 21.5 Å². The topological polar surface area (TPSA) is 58.2 Å². The molecule has 0 heterocycles. The van der Waals surface area contributed by atoms with Crippen LogP contribution >= 0.6 is 0 Å². The van der Waals surface area contributed by atoms with Crippen molar-refractivity contribution in [2.75, 3.05) is 10.6 Å². The van der Waals surface area contributed by atoms with Crippen molar-refractivity contribution < 1.29 is 14.0 Å². The first kappa shape index (κ1) is 17.4. The molecule has 0 aliphatic rings. The van der Waals surface area contributed by atoms with Gasteiger partial charge in [0.05, 0.1) is 0 Å². The van der Waals surface area contributed by atoms with Crippen LogP contribution in [0.3, 0.4) is 0 Å². The van der Waals surface area contributed by atoms with E-state index in [1.165, 1.54) is 25.1 Å². The van der Waals surface area contributed by atoms with Crippen LogP contribution in [0.2, 0.25) is 0 Å². The number of benzene rings is 3. The van der Waals surface area contributed by atoms with Gasteiger partial charge in [-0.05, 0) is 61.5 Å². The van der Waals surface area contributed by atoms with Crippen LogP contribution < -0.4 is 10.6 Å². The van der Waals surface area contributed by atoms with Crippen molar-refractivity contribution in [1.82, 2.24) is 0 Å². The van der Waals surface area contributed by atoms with Gasteiger partial charge >= 0.3 is 0 Å². The number of nitrogens with one attached hydrogen (secondary N) is 2. The summed E-state index contributed by atoms with van der Waals surface area (Å²) in [5.41, 5.74) is 3.10. The van der Waals surface area contributed by atoms with E-state index in [-0.39, 0.29) is 17.3 Å². The molecule has 26 heavy (non-hydrogen) atoms. The van der Waals surface area contributed by atoms with Gasteiger partial charge in [-0.1, -0.05) is 18.2 Å². The molecule has 3 rings (SSSR count). The molecule has 0 fully saturated rings. The molecule has 0 unspecified atom stereocenters. The summed E-state index contributed by atoms with van der Waals surface area (Å²) in [4.78, 5) is 23.6. The molecule has 0 aliphatic carbocycles. The summed E-state index contributed by atoms with van der Waals surface area (Å²) < 4.78 is 13.2. The molecule has 0 radical (unpaired) electrons. The Kier molecular flexibility index (Phi) is 5.08. The third kappa shape index (κ3) is 4.33. The number of halogens is 1. The number of anilines is 3. The molecule has 4 nitrogen and oxygen atoms in total. The van der Waals surface area contributed by atoms with Crippen LogP contribution in [0, 0.1) is 5.82 Å². The van der Waals surface area contributed by atoms with E-state index < -0.39 is 5.82 Å². The van der Waals surface area contributed by atoms with Crippen molar-refractivity contribution in [3.63, 3.8) is 0 Å². The van der Waals surface area contributed by atoms with Crippen LogP contribution in [-0.4, -0.2) is 11.7 Å². The fourth-order valence-corrected chi connectivity index (χ4v) is 2.45. The molecule has 5 heteroatoms. The summed E-state index contributed by atoms with van der Waals surface area (Å²) in [5, 5.41) is 5.93. The van der Waals surface area contributed by atoms with Crippen molar-refractivity contribution in [3.05, 3.63) is 89.7 Å². The minimum Gasteiger partial charge on any atom is -0.356 e. The summed E-state index contributed by atoms with van der Waals surface area (Å²) in [7, 11) is 0. The van der Waals surface area contributed by atoms with Gasteiger partial charge in [-0.15, -0.1) is 0 Å². The molecule has 3 aromatic carbocycles. The Bertz CT molecular complexity index is 952. The molecule has 0 aromatic heterocycles. The van der Waals surface area contributed by atoms with E-state index in [1.54, 1.807) is 30.3 Å². The molecule has 0 spiro atoms. The highest BCUT2D eigenvalue weighted by Gasteiger charge is 2.07. The highest BCUT2D eigenvalue weighted by Crippen LogP contribution is 2.20. The fourth-order valence-electron chi connectivity index (χ4n) is 2.45. The van der Waals surface area contributed by atoms with Gasteiger partial charge < -0.3 is 10.6 Å². The molecule has 0 bridgehead atoms. The third-order valence-electron chi connectivity index (χ3n) is 3.79. The molecule has 3 aromatic rings. The zero-order valence-corrected chi connectivity index (χ0v) is 14.1. The van der Waals surface area contributed by atoms with Crippen LogP contribution in [0.15, 0.2) is 72.8 Å². The minimum atomic E-state index is -0.454. The average Bonchev–Trinajstić information content (AvgIpc) is 2.63. The van der Waals surface area contributed by atoms with Gasteiger partial charge in [0.1, 0.15) is 5.82 Å². The summed E-state index contributed by atoms with van der Waals surface area (Å²) in [6, 6.07) is 19.8. The first-order chi connectivity index (χ1) is 12.5. The van der Waals surface area contributed by atoms with E-state index >= 15 is 0 Å². The van der Waals surface area contributed by atoms with E-state index in [0.29, 0.717) is 11.3 Å². The molecule has 130 valence electrons. The predicted octanol–water partition coefficient (Wildman–Crippen LogP) is 5.02. The smallest absolute Gasteiger partial charge is 0.255 e. The van der Waals surface area contributed by atoms with Gasteiger partial charge in [-0.3, -0.25) is 9.59 Å². The van der Waals surface area contributed by atoms with E-state index in [4.69, 9.17) is 0 Å². The molecule has 0 atom stereocenters. The second kappa shape index (κ2) is 7.61. The Morgan fingerprint density at radius 3 is 2.12 bits per heavy atom. The van der Waals surface area contributed by atoms with E-state index in [0.717, 1.165) is 11.4 Å². The Labute approximate surface area is 150 Å². The van der Waals surface area contributed by atoms with Gasteiger partial charge in [-0.25, -0.2) is 4.39 Å². The normalized spacial score (nSPS) is 10.2. The van der Waals surface area contributed by atoms with E-state index in [9.17, 15) is 14.0 Å². The lowest BCUT2D eigenvalue weighted by atomic mass is 10.1. The van der Waals surface area contributed by atoms with Gasteiger partial charge in [-0.2, -0.15) is 0 Å². The summed E-state index contributed by atoms with van der Waals surface area (Å²) in [6.45, 7) is 1.52. The number of Topliss-reactive ketones (excluding diaryl/α,β-unsaturated/α-hetero) is 1. The maximum Gasteiger partial charge on any atom is 0.255 e. The predicted molar refractivity (Wildman–Crippen MR) is 101 cm³/mol. The molecule has 0 saturated heterocycles. The SMILES string of the molecule is CC(=O)c1cccc(Nc2ccc(NC(=O)c3cccc(F)c3)cc2)c1. The second-order valence-corrected chi connectivity index (χ2v) is 5.80. The Morgan fingerprint density at radius 2 is 1.42 bits per heavy atom. The van der Waals surface area contributed by atoms with Crippen LogP contribution in [0.25, 0.3) is 0 Å². The fraction of sp³-hybridized carbons (Fsp3) is 0.0476. The van der Waals surface area contributed by atoms with E-state index in [1.807, 2.05) is 24.3 Å². The monoisotopic (exact) mass is 348 g/mol. The quantitative estimate of drug-likeness (QED) is 0.636. The highest BCUT2D eigenvalue weighted by atomic mass is 19.1. The molecular formula is C21H17FN2O2. The number of carbonyl (C=O) groups excluding carboxylic acids is 2. The molecule has 1 amide bonds. The van der Waals surface area contributed by atoms with E-state index in [2.05, 4.69) is 10.6 Å². The molecule has 2 N–H and O–H groups in total. The second-order valence-electron chi connectivity index (χ2n) is 5.80. The van der Waals surface area contributed by atoms with Crippen LogP contribution in [-0.2, 0) is 0 Å². The summed E-state index contributed by atoms with van der Waals surface area (Å²) in [5.74, 6) is -0.826. The number of hydrogen-bond donors (Lipinski definition) is 2. The standard InChI is InChI=1S/C21H17FN2O2/c1-14(25)15-4-3-7-20(13-15)23-18-8-10-19(11-9-18)24-21(26)16-5-2-6-17(22)12-16/h2-13,23H,1H3,(H,24,26). The lowest BCUT2D eigenvalue weighted by molar-refractivity contribution is 0.101. The number of amides is 1. The zero-order chi connectivity index (χ0) is 18.5. The largest absolute Gasteiger partial charge is 0.356 e. The summed E-state index contributed by atoms with van der Waals surface area (Å²) in [6.07, 6.45) is 0. The minimum absolute atomic E-state index is 0.00376. The Hall–Kier alpha value is -3.47. The number of hydrogen-bond acceptors (Lipinski definition) is 3. The Morgan fingerprint density at radius 1 is 0.769 bits per heavy atom. The van der Waals surface area contributed by atoms with Crippen molar-refractivity contribution in [3.8, 4) is 0 Å². The summed E-state index contributed by atoms with van der Waals surface area (Å²) >= 11 is 0. The van der Waals surface area contributed by atoms with Crippen molar-refractivity contribution in [1.29, 1.82) is 0 Å². The third-order valence-corrected chi connectivity index (χ3v) is 3.79. The number of ketones is 1.